The van der Waals surface area contributed by atoms with Crippen LogP contribution in [0.25, 0.3) is 0 Å². The molecule has 7 nitrogen and oxygen atoms in total. The maximum absolute atomic E-state index is 11.8. The number of para-hydroxylation sites is 1. The first-order valence-corrected chi connectivity index (χ1v) is 11.5. The summed E-state index contributed by atoms with van der Waals surface area (Å²) in [5.74, 6) is 0.994. The molecular weight excluding hydrogens is 392 g/mol. The Balaban J connectivity index is 0.000000221. The highest BCUT2D eigenvalue weighted by molar-refractivity contribution is 5.68. The molecule has 176 valence electrons. The van der Waals surface area contributed by atoms with Gasteiger partial charge < -0.3 is 25.0 Å². The Bertz CT molecular complexity index is 671. The van der Waals surface area contributed by atoms with E-state index in [4.69, 9.17) is 9.47 Å². The van der Waals surface area contributed by atoms with Gasteiger partial charge in [-0.05, 0) is 40.2 Å². The number of nitrogens with one attached hydrogen (secondary N) is 2. The fourth-order valence-corrected chi connectivity index (χ4v) is 3.87. The molecule has 0 aromatic heterocycles. The van der Waals surface area contributed by atoms with E-state index in [0.29, 0.717) is 12.1 Å². The summed E-state index contributed by atoms with van der Waals surface area (Å²) >= 11 is 0. The van der Waals surface area contributed by atoms with Crippen LogP contribution in [0.4, 0.5) is 4.79 Å². The minimum absolute atomic E-state index is 0.192. The van der Waals surface area contributed by atoms with Crippen LogP contribution < -0.4 is 15.4 Å². The summed E-state index contributed by atoms with van der Waals surface area (Å²) in [5.41, 5.74) is 0.885. The number of ether oxygens (including phenoxy) is 2. The van der Waals surface area contributed by atoms with Crippen LogP contribution in [0.2, 0.25) is 0 Å². The molecular formula is C24H42N4O3. The van der Waals surface area contributed by atoms with Crippen molar-refractivity contribution in [3.05, 3.63) is 29.8 Å². The van der Waals surface area contributed by atoms with Crippen LogP contribution in [0.1, 0.15) is 52.6 Å². The summed E-state index contributed by atoms with van der Waals surface area (Å²) in [6, 6.07) is 9.13. The van der Waals surface area contributed by atoms with Crippen LogP contribution >= 0.6 is 0 Å². The van der Waals surface area contributed by atoms with E-state index in [0.717, 1.165) is 58.0 Å². The van der Waals surface area contributed by atoms with Crippen molar-refractivity contribution in [2.24, 2.45) is 0 Å². The fraction of sp³-hybridized carbons (Fsp3) is 0.708. The van der Waals surface area contributed by atoms with Gasteiger partial charge in [-0.2, -0.15) is 0 Å². The third kappa shape index (κ3) is 8.31. The van der Waals surface area contributed by atoms with E-state index in [1.807, 2.05) is 32.9 Å². The number of piperazine rings is 2. The number of benzene rings is 1. The van der Waals surface area contributed by atoms with Gasteiger partial charge in [-0.15, -0.1) is 0 Å². The molecule has 2 heterocycles. The lowest BCUT2D eigenvalue weighted by Gasteiger charge is -2.34. The quantitative estimate of drug-likeness (QED) is 0.758. The highest BCUT2D eigenvalue weighted by Gasteiger charge is 2.26. The van der Waals surface area contributed by atoms with Crippen molar-refractivity contribution in [1.82, 2.24) is 20.4 Å². The molecule has 2 unspecified atom stereocenters. The Morgan fingerprint density at radius 3 is 2.45 bits per heavy atom. The van der Waals surface area contributed by atoms with Gasteiger partial charge in [0.2, 0.25) is 0 Å². The Kier molecular flexibility index (Phi) is 10.1. The van der Waals surface area contributed by atoms with Gasteiger partial charge in [-0.3, -0.25) is 4.90 Å². The largest absolute Gasteiger partial charge is 0.496 e. The maximum Gasteiger partial charge on any atom is 0.410 e. The van der Waals surface area contributed by atoms with Gasteiger partial charge in [0.15, 0.2) is 0 Å². The van der Waals surface area contributed by atoms with Gasteiger partial charge in [0.25, 0.3) is 0 Å². The van der Waals surface area contributed by atoms with Crippen LogP contribution in [-0.2, 0) is 4.74 Å². The molecule has 3 rings (SSSR count). The molecule has 0 saturated carbocycles. The molecule has 31 heavy (non-hydrogen) atoms. The standard InChI is InChI=1S/C13H20N2O.C11H22N2O2/c1-11(15-9-7-14-8-10-15)12-5-3-4-6-13(12)16-2;1-5-9-8-13(7-6-12-9)10(14)15-11(2,3)4/h3-6,11,14H,7-10H2,1-2H3;9,12H,5-8H2,1-4H3. The lowest BCUT2D eigenvalue weighted by molar-refractivity contribution is 0.0194. The highest BCUT2D eigenvalue weighted by atomic mass is 16.6. The van der Waals surface area contributed by atoms with Crippen molar-refractivity contribution in [3.63, 3.8) is 0 Å². The number of carbonyl (C=O) groups excluding carboxylic acids is 1. The molecule has 0 bridgehead atoms. The number of amides is 1. The number of methoxy groups -OCH3 is 1. The predicted octanol–water partition coefficient (Wildman–Crippen LogP) is 3.27. The highest BCUT2D eigenvalue weighted by Crippen LogP contribution is 2.28. The summed E-state index contributed by atoms with van der Waals surface area (Å²) < 4.78 is 10.7. The second-order valence-electron chi connectivity index (χ2n) is 9.19. The Labute approximate surface area is 188 Å². The summed E-state index contributed by atoms with van der Waals surface area (Å²) in [6.07, 6.45) is 0.849. The summed E-state index contributed by atoms with van der Waals surface area (Å²) in [7, 11) is 1.74. The van der Waals surface area contributed by atoms with Gasteiger partial charge in [-0.25, -0.2) is 4.79 Å². The molecule has 2 aliphatic heterocycles. The first kappa shape index (κ1) is 25.4. The molecule has 2 fully saturated rings. The zero-order valence-corrected chi connectivity index (χ0v) is 20.2. The monoisotopic (exact) mass is 434 g/mol. The first-order chi connectivity index (χ1) is 14.7. The molecule has 0 spiro atoms. The van der Waals surface area contributed by atoms with Gasteiger partial charge in [0.1, 0.15) is 11.4 Å². The van der Waals surface area contributed by atoms with Gasteiger partial charge in [0, 0.05) is 63.5 Å². The van der Waals surface area contributed by atoms with E-state index >= 15 is 0 Å². The molecule has 0 radical (unpaired) electrons. The zero-order chi connectivity index (χ0) is 22.9. The second-order valence-corrected chi connectivity index (χ2v) is 9.19. The number of nitrogens with zero attached hydrogens (tertiary/aromatic N) is 2. The summed E-state index contributed by atoms with van der Waals surface area (Å²) in [5, 5.41) is 6.74. The topological polar surface area (TPSA) is 66.1 Å². The summed E-state index contributed by atoms with van der Waals surface area (Å²) in [6.45, 7) is 16.8. The van der Waals surface area contributed by atoms with Crippen LogP contribution in [0.3, 0.4) is 0 Å². The minimum atomic E-state index is -0.399. The zero-order valence-electron chi connectivity index (χ0n) is 20.2. The summed E-state index contributed by atoms with van der Waals surface area (Å²) in [4.78, 5) is 16.0. The molecule has 0 aliphatic carbocycles. The Hall–Kier alpha value is -1.83. The molecule has 2 atom stereocenters. The second kappa shape index (κ2) is 12.3. The first-order valence-electron chi connectivity index (χ1n) is 11.5. The molecule has 2 N–H and O–H groups in total. The third-order valence-corrected chi connectivity index (χ3v) is 5.69. The molecule has 2 saturated heterocycles. The number of hydrogen-bond acceptors (Lipinski definition) is 6. The van der Waals surface area contributed by atoms with Crippen LogP contribution in [-0.4, -0.2) is 80.5 Å². The average molecular weight is 435 g/mol. The smallest absolute Gasteiger partial charge is 0.410 e. The van der Waals surface area contributed by atoms with E-state index in [9.17, 15) is 4.79 Å². The van der Waals surface area contributed by atoms with Crippen molar-refractivity contribution < 1.29 is 14.3 Å². The minimum Gasteiger partial charge on any atom is -0.496 e. The molecule has 1 aromatic carbocycles. The van der Waals surface area contributed by atoms with Crippen molar-refractivity contribution in [3.8, 4) is 5.75 Å². The average Bonchev–Trinajstić information content (AvgIpc) is 2.78. The van der Waals surface area contributed by atoms with E-state index in [2.05, 4.69) is 41.5 Å². The van der Waals surface area contributed by atoms with E-state index in [-0.39, 0.29) is 6.09 Å². The third-order valence-electron chi connectivity index (χ3n) is 5.69. The van der Waals surface area contributed by atoms with Crippen LogP contribution in [0, 0.1) is 0 Å². The fourth-order valence-electron chi connectivity index (χ4n) is 3.87. The van der Waals surface area contributed by atoms with Crippen molar-refractivity contribution in [1.29, 1.82) is 0 Å². The normalized spacial score (nSPS) is 21.0. The predicted molar refractivity (Wildman–Crippen MR) is 126 cm³/mol. The van der Waals surface area contributed by atoms with Crippen LogP contribution in [0.5, 0.6) is 5.75 Å². The Morgan fingerprint density at radius 2 is 1.84 bits per heavy atom. The van der Waals surface area contributed by atoms with E-state index < -0.39 is 5.60 Å². The van der Waals surface area contributed by atoms with E-state index in [1.54, 1.807) is 12.0 Å². The number of hydrogen-bond donors (Lipinski definition) is 2. The Morgan fingerprint density at radius 1 is 1.16 bits per heavy atom. The molecule has 1 aromatic rings. The van der Waals surface area contributed by atoms with Gasteiger partial charge >= 0.3 is 6.09 Å². The SMILES string of the molecule is CCC1CN(C(=O)OC(C)(C)C)CCN1.COc1ccccc1C(C)N1CCNCC1. The molecule has 2 aliphatic rings. The van der Waals surface area contributed by atoms with Gasteiger partial charge in [-0.1, -0.05) is 25.1 Å². The van der Waals surface area contributed by atoms with Crippen molar-refractivity contribution in [2.75, 3.05) is 52.9 Å². The lowest BCUT2D eigenvalue weighted by atomic mass is 10.1. The van der Waals surface area contributed by atoms with Gasteiger partial charge in [0.05, 0.1) is 7.11 Å². The van der Waals surface area contributed by atoms with Crippen molar-refractivity contribution in [2.45, 2.75) is 58.7 Å². The maximum atomic E-state index is 11.8. The van der Waals surface area contributed by atoms with Crippen LogP contribution in [0.15, 0.2) is 24.3 Å². The lowest BCUT2D eigenvalue weighted by Crippen LogP contribution is -2.53. The molecule has 1 amide bonds. The number of rotatable bonds is 4. The molecule has 7 heteroatoms. The number of carbonyl (C=O) groups is 1. The van der Waals surface area contributed by atoms with E-state index in [1.165, 1.54) is 5.56 Å². The van der Waals surface area contributed by atoms with Crippen molar-refractivity contribution >= 4 is 6.09 Å².